The third kappa shape index (κ3) is 1.22. The van der Waals surface area contributed by atoms with Gasteiger partial charge in [-0.3, -0.25) is 4.79 Å². The first-order valence-corrected chi connectivity index (χ1v) is 4.74. The van der Waals surface area contributed by atoms with E-state index in [4.69, 9.17) is 4.74 Å². The number of esters is 1. The highest BCUT2D eigenvalue weighted by molar-refractivity contribution is 5.74. The largest absolute Gasteiger partial charge is 0.466 e. The van der Waals surface area contributed by atoms with Crippen LogP contribution in [0.25, 0.3) is 0 Å². The topological polar surface area (TPSA) is 38.3 Å². The summed E-state index contributed by atoms with van der Waals surface area (Å²) in [6.07, 6.45) is 3.37. The molecule has 2 aliphatic heterocycles. The van der Waals surface area contributed by atoms with E-state index in [1.165, 1.54) is 6.42 Å². The standard InChI is InChI=1S/C9H15NO2/c1-2-12-9(11)7-5-6-3-4-8(7)10-6/h6-8,10H,2-5H2,1H3/t6-,7-,8-/m0/s1. The van der Waals surface area contributed by atoms with Gasteiger partial charge in [-0.1, -0.05) is 0 Å². The molecule has 1 N–H and O–H groups in total. The van der Waals surface area contributed by atoms with E-state index in [2.05, 4.69) is 5.32 Å². The zero-order valence-corrected chi connectivity index (χ0v) is 7.38. The lowest BCUT2D eigenvalue weighted by atomic mass is 9.89. The maximum Gasteiger partial charge on any atom is 0.310 e. The van der Waals surface area contributed by atoms with E-state index >= 15 is 0 Å². The Morgan fingerprint density at radius 1 is 1.58 bits per heavy atom. The van der Waals surface area contributed by atoms with Crippen LogP contribution in [0.1, 0.15) is 26.2 Å². The fourth-order valence-electron chi connectivity index (χ4n) is 2.33. The van der Waals surface area contributed by atoms with Crippen molar-refractivity contribution in [3.05, 3.63) is 0 Å². The first-order chi connectivity index (χ1) is 5.81. The van der Waals surface area contributed by atoms with E-state index in [1.807, 2.05) is 6.92 Å². The van der Waals surface area contributed by atoms with Crippen molar-refractivity contribution in [2.24, 2.45) is 5.92 Å². The van der Waals surface area contributed by atoms with E-state index in [0.717, 1.165) is 12.8 Å². The van der Waals surface area contributed by atoms with Gasteiger partial charge in [0.1, 0.15) is 0 Å². The number of carbonyl (C=O) groups excluding carboxylic acids is 1. The number of nitrogens with one attached hydrogen (secondary N) is 1. The highest BCUT2D eigenvalue weighted by Crippen LogP contribution is 2.33. The van der Waals surface area contributed by atoms with Crippen LogP contribution in [0.4, 0.5) is 0 Å². The van der Waals surface area contributed by atoms with Crippen LogP contribution in [-0.2, 0) is 9.53 Å². The number of hydrogen-bond donors (Lipinski definition) is 1. The number of fused-ring (bicyclic) bond motifs is 2. The minimum Gasteiger partial charge on any atom is -0.466 e. The van der Waals surface area contributed by atoms with E-state index in [1.54, 1.807) is 0 Å². The Balaban J connectivity index is 1.93. The summed E-state index contributed by atoms with van der Waals surface area (Å²) in [6, 6.07) is 0.999. The van der Waals surface area contributed by atoms with Gasteiger partial charge in [-0.2, -0.15) is 0 Å². The molecule has 0 spiro atoms. The van der Waals surface area contributed by atoms with Gasteiger partial charge >= 0.3 is 5.97 Å². The molecule has 3 nitrogen and oxygen atoms in total. The lowest BCUT2D eigenvalue weighted by Gasteiger charge is -2.17. The molecular formula is C9H15NO2. The third-order valence-electron chi connectivity index (χ3n) is 2.89. The highest BCUT2D eigenvalue weighted by Gasteiger charge is 2.43. The molecule has 2 rings (SSSR count). The normalized spacial score (nSPS) is 38.6. The zero-order valence-electron chi connectivity index (χ0n) is 7.38. The molecule has 0 aliphatic carbocycles. The Bertz CT molecular complexity index is 193. The van der Waals surface area contributed by atoms with Gasteiger partial charge in [0.25, 0.3) is 0 Å². The third-order valence-corrected chi connectivity index (χ3v) is 2.89. The van der Waals surface area contributed by atoms with Crippen LogP contribution in [0.5, 0.6) is 0 Å². The molecule has 0 saturated carbocycles. The number of hydrogen-bond acceptors (Lipinski definition) is 3. The van der Waals surface area contributed by atoms with Crippen LogP contribution < -0.4 is 5.32 Å². The minimum atomic E-state index is -0.00259. The van der Waals surface area contributed by atoms with Crippen molar-refractivity contribution in [3.8, 4) is 0 Å². The second-order valence-corrected chi connectivity index (χ2v) is 3.64. The Morgan fingerprint density at radius 2 is 2.42 bits per heavy atom. The number of rotatable bonds is 2. The van der Waals surface area contributed by atoms with Crippen molar-refractivity contribution in [1.82, 2.24) is 5.32 Å². The summed E-state index contributed by atoms with van der Waals surface area (Å²) in [6.45, 7) is 2.37. The molecule has 0 radical (unpaired) electrons. The van der Waals surface area contributed by atoms with Crippen LogP contribution in [0.15, 0.2) is 0 Å². The van der Waals surface area contributed by atoms with Crippen molar-refractivity contribution in [3.63, 3.8) is 0 Å². The molecule has 2 aliphatic rings. The van der Waals surface area contributed by atoms with Crippen LogP contribution in [0.3, 0.4) is 0 Å². The molecule has 68 valence electrons. The molecule has 3 heteroatoms. The second-order valence-electron chi connectivity index (χ2n) is 3.64. The Morgan fingerprint density at radius 3 is 2.92 bits per heavy atom. The smallest absolute Gasteiger partial charge is 0.310 e. The summed E-state index contributed by atoms with van der Waals surface area (Å²) in [7, 11) is 0. The van der Waals surface area contributed by atoms with E-state index in [-0.39, 0.29) is 11.9 Å². The molecule has 0 aromatic rings. The number of ether oxygens (including phenoxy) is 1. The summed E-state index contributed by atoms with van der Waals surface area (Å²) >= 11 is 0. The molecule has 0 aromatic heterocycles. The maximum atomic E-state index is 11.4. The van der Waals surface area contributed by atoms with Gasteiger partial charge in [-0.15, -0.1) is 0 Å². The highest BCUT2D eigenvalue weighted by atomic mass is 16.5. The average Bonchev–Trinajstić information content (AvgIpc) is 2.64. The van der Waals surface area contributed by atoms with Crippen LogP contribution in [0.2, 0.25) is 0 Å². The average molecular weight is 169 g/mol. The van der Waals surface area contributed by atoms with Crippen LogP contribution in [-0.4, -0.2) is 24.7 Å². The summed E-state index contributed by atoms with van der Waals surface area (Å²) in [4.78, 5) is 11.4. The van der Waals surface area contributed by atoms with Gasteiger partial charge in [-0.05, 0) is 26.2 Å². The van der Waals surface area contributed by atoms with Gasteiger partial charge < -0.3 is 10.1 Å². The van der Waals surface area contributed by atoms with Crippen molar-refractivity contribution in [2.75, 3.05) is 6.61 Å². The summed E-state index contributed by atoms with van der Waals surface area (Å²) in [5.74, 6) is 0.140. The molecule has 2 heterocycles. The molecule has 3 atom stereocenters. The number of carbonyl (C=O) groups is 1. The summed E-state index contributed by atoms with van der Waals surface area (Å²) in [5, 5.41) is 3.42. The monoisotopic (exact) mass is 169 g/mol. The van der Waals surface area contributed by atoms with Crippen molar-refractivity contribution >= 4 is 5.97 Å². The maximum absolute atomic E-state index is 11.4. The Labute approximate surface area is 72.5 Å². The van der Waals surface area contributed by atoms with Crippen molar-refractivity contribution in [1.29, 1.82) is 0 Å². The summed E-state index contributed by atoms with van der Waals surface area (Å²) in [5.41, 5.74) is 0. The fourth-order valence-corrected chi connectivity index (χ4v) is 2.33. The first-order valence-electron chi connectivity index (χ1n) is 4.74. The SMILES string of the molecule is CCOC(=O)[C@H]1C[C@@H]2CC[C@@H]1N2. The second kappa shape index (κ2) is 3.05. The first kappa shape index (κ1) is 8.05. The fraction of sp³-hybridized carbons (Fsp3) is 0.889. The Kier molecular flexibility index (Phi) is 2.05. The zero-order chi connectivity index (χ0) is 8.55. The summed E-state index contributed by atoms with van der Waals surface area (Å²) < 4.78 is 5.00. The lowest BCUT2D eigenvalue weighted by molar-refractivity contribution is -0.148. The Hall–Kier alpha value is -0.570. The molecule has 12 heavy (non-hydrogen) atoms. The van der Waals surface area contributed by atoms with E-state index in [0.29, 0.717) is 18.7 Å². The quantitative estimate of drug-likeness (QED) is 0.618. The van der Waals surface area contributed by atoms with Crippen LogP contribution in [0, 0.1) is 5.92 Å². The molecule has 2 fully saturated rings. The van der Waals surface area contributed by atoms with Crippen molar-refractivity contribution < 1.29 is 9.53 Å². The van der Waals surface area contributed by atoms with Gasteiger partial charge in [0.2, 0.25) is 0 Å². The predicted octanol–water partition coefficient (Wildman–Crippen LogP) is 0.690. The molecule has 0 amide bonds. The van der Waals surface area contributed by atoms with Crippen LogP contribution >= 0.6 is 0 Å². The van der Waals surface area contributed by atoms with Crippen molar-refractivity contribution in [2.45, 2.75) is 38.3 Å². The minimum absolute atomic E-state index is 0.00259. The van der Waals surface area contributed by atoms with Gasteiger partial charge in [-0.25, -0.2) is 0 Å². The van der Waals surface area contributed by atoms with Gasteiger partial charge in [0, 0.05) is 12.1 Å². The molecule has 0 unspecified atom stereocenters. The van der Waals surface area contributed by atoms with E-state index in [9.17, 15) is 4.79 Å². The van der Waals surface area contributed by atoms with Gasteiger partial charge in [0.05, 0.1) is 12.5 Å². The lowest BCUT2D eigenvalue weighted by Crippen LogP contribution is -2.30. The molecule has 2 bridgehead atoms. The predicted molar refractivity (Wildman–Crippen MR) is 44.7 cm³/mol. The van der Waals surface area contributed by atoms with Gasteiger partial charge in [0.15, 0.2) is 0 Å². The molecule has 2 saturated heterocycles. The molecular weight excluding hydrogens is 154 g/mol. The van der Waals surface area contributed by atoms with E-state index < -0.39 is 0 Å². The molecule has 0 aromatic carbocycles.